The van der Waals surface area contributed by atoms with Crippen molar-refractivity contribution in [1.29, 1.82) is 0 Å². The summed E-state index contributed by atoms with van der Waals surface area (Å²) in [6.45, 7) is 2.88. The maximum Gasteiger partial charge on any atom is 0.224 e. The molecule has 2 rings (SSSR count). The number of aryl methyl sites for hydroxylation is 1. The van der Waals surface area contributed by atoms with Gasteiger partial charge in [0.25, 0.3) is 0 Å². The molecule has 0 radical (unpaired) electrons. The van der Waals surface area contributed by atoms with E-state index in [2.05, 4.69) is 29.7 Å². The number of fused-ring (bicyclic) bond motifs is 1. The standard InChI is InChI=1S/C15H23N3O/c1-10(9-16)7-14(17-2)12-3-5-13-11(8-12)4-6-15(19)18-13/h3,5,8,10,14,17H,4,6-7,9,16H2,1-2H3,(H,18,19). The Morgan fingerprint density at radius 1 is 1.42 bits per heavy atom. The third kappa shape index (κ3) is 3.33. The summed E-state index contributed by atoms with van der Waals surface area (Å²) in [5, 5.41) is 6.27. The highest BCUT2D eigenvalue weighted by molar-refractivity contribution is 5.93. The first kappa shape index (κ1) is 14.0. The van der Waals surface area contributed by atoms with Crippen LogP contribution in [0.1, 0.15) is 36.9 Å². The topological polar surface area (TPSA) is 67.1 Å². The Hall–Kier alpha value is -1.39. The van der Waals surface area contributed by atoms with Gasteiger partial charge in [-0.1, -0.05) is 19.1 Å². The van der Waals surface area contributed by atoms with Gasteiger partial charge in [0.1, 0.15) is 0 Å². The van der Waals surface area contributed by atoms with E-state index in [1.807, 2.05) is 13.1 Å². The van der Waals surface area contributed by atoms with Crippen LogP contribution in [-0.2, 0) is 11.2 Å². The number of hydrogen-bond donors (Lipinski definition) is 3. The molecule has 4 nitrogen and oxygen atoms in total. The third-order valence-corrected chi connectivity index (χ3v) is 3.82. The van der Waals surface area contributed by atoms with Gasteiger partial charge >= 0.3 is 0 Å². The zero-order chi connectivity index (χ0) is 13.8. The molecule has 0 saturated heterocycles. The quantitative estimate of drug-likeness (QED) is 0.757. The minimum atomic E-state index is 0.113. The maximum absolute atomic E-state index is 11.3. The van der Waals surface area contributed by atoms with Crippen LogP contribution in [0.3, 0.4) is 0 Å². The van der Waals surface area contributed by atoms with Crippen LogP contribution < -0.4 is 16.4 Å². The fourth-order valence-electron chi connectivity index (χ4n) is 2.54. The van der Waals surface area contributed by atoms with E-state index in [-0.39, 0.29) is 5.91 Å². The van der Waals surface area contributed by atoms with Crippen molar-refractivity contribution in [3.63, 3.8) is 0 Å². The number of amides is 1. The molecule has 19 heavy (non-hydrogen) atoms. The number of nitrogens with one attached hydrogen (secondary N) is 2. The summed E-state index contributed by atoms with van der Waals surface area (Å²) in [4.78, 5) is 11.3. The number of carbonyl (C=O) groups excluding carboxylic acids is 1. The van der Waals surface area contributed by atoms with E-state index in [4.69, 9.17) is 5.73 Å². The van der Waals surface area contributed by atoms with Gasteiger partial charge in [-0.05, 0) is 49.5 Å². The van der Waals surface area contributed by atoms with Crippen molar-refractivity contribution in [1.82, 2.24) is 5.32 Å². The molecular formula is C15H23N3O. The first-order valence-corrected chi connectivity index (χ1v) is 6.94. The molecule has 1 aromatic carbocycles. The number of anilines is 1. The molecule has 1 heterocycles. The molecule has 1 aromatic rings. The average molecular weight is 261 g/mol. The minimum Gasteiger partial charge on any atom is -0.330 e. The summed E-state index contributed by atoms with van der Waals surface area (Å²) in [5.41, 5.74) is 9.17. The smallest absolute Gasteiger partial charge is 0.224 e. The first-order chi connectivity index (χ1) is 9.13. The maximum atomic E-state index is 11.3. The highest BCUT2D eigenvalue weighted by Crippen LogP contribution is 2.28. The van der Waals surface area contributed by atoms with Crippen molar-refractivity contribution in [2.75, 3.05) is 18.9 Å². The van der Waals surface area contributed by atoms with Crippen LogP contribution in [0, 0.1) is 5.92 Å². The number of nitrogens with two attached hydrogens (primary N) is 1. The van der Waals surface area contributed by atoms with Crippen molar-refractivity contribution < 1.29 is 4.79 Å². The largest absolute Gasteiger partial charge is 0.330 e. The lowest BCUT2D eigenvalue weighted by atomic mass is 9.92. The number of benzene rings is 1. The Labute approximate surface area is 114 Å². The molecular weight excluding hydrogens is 238 g/mol. The molecule has 2 atom stereocenters. The van der Waals surface area contributed by atoms with Crippen LogP contribution in [0.2, 0.25) is 0 Å². The Morgan fingerprint density at radius 2 is 2.21 bits per heavy atom. The normalized spacial score (nSPS) is 17.5. The summed E-state index contributed by atoms with van der Waals surface area (Å²) in [5.74, 6) is 0.607. The third-order valence-electron chi connectivity index (χ3n) is 3.82. The molecule has 1 aliphatic rings. The lowest BCUT2D eigenvalue weighted by Crippen LogP contribution is -2.23. The lowest BCUT2D eigenvalue weighted by Gasteiger charge is -2.23. The Kier molecular flexibility index (Phi) is 4.56. The van der Waals surface area contributed by atoms with Gasteiger partial charge in [0.05, 0.1) is 0 Å². The van der Waals surface area contributed by atoms with Gasteiger partial charge in [-0.2, -0.15) is 0 Å². The van der Waals surface area contributed by atoms with Gasteiger partial charge in [-0.25, -0.2) is 0 Å². The van der Waals surface area contributed by atoms with Crippen molar-refractivity contribution >= 4 is 11.6 Å². The van der Waals surface area contributed by atoms with Crippen LogP contribution in [0.25, 0.3) is 0 Å². The molecule has 0 fully saturated rings. The summed E-state index contributed by atoms with van der Waals surface area (Å²) < 4.78 is 0. The van der Waals surface area contributed by atoms with E-state index in [0.717, 1.165) is 18.5 Å². The van der Waals surface area contributed by atoms with Gasteiger partial charge < -0.3 is 16.4 Å². The van der Waals surface area contributed by atoms with Crippen LogP contribution in [0.15, 0.2) is 18.2 Å². The molecule has 1 amide bonds. The predicted octanol–water partition coefficient (Wildman–Crippen LogP) is 1.82. The molecule has 0 aliphatic carbocycles. The Balaban J connectivity index is 2.18. The van der Waals surface area contributed by atoms with Crippen LogP contribution in [0.4, 0.5) is 5.69 Å². The Bertz CT molecular complexity index is 459. The lowest BCUT2D eigenvalue weighted by molar-refractivity contribution is -0.116. The molecule has 104 valence electrons. The molecule has 1 aliphatic heterocycles. The molecule has 4 N–H and O–H groups in total. The first-order valence-electron chi connectivity index (χ1n) is 6.94. The second-order valence-corrected chi connectivity index (χ2v) is 5.38. The fourth-order valence-corrected chi connectivity index (χ4v) is 2.54. The van der Waals surface area contributed by atoms with Crippen LogP contribution >= 0.6 is 0 Å². The molecule has 0 spiro atoms. The fraction of sp³-hybridized carbons (Fsp3) is 0.533. The van der Waals surface area contributed by atoms with Crippen LogP contribution in [-0.4, -0.2) is 19.5 Å². The average Bonchev–Trinajstić information content (AvgIpc) is 2.43. The summed E-state index contributed by atoms with van der Waals surface area (Å²) in [7, 11) is 1.98. The highest BCUT2D eigenvalue weighted by Gasteiger charge is 2.18. The predicted molar refractivity (Wildman–Crippen MR) is 78.0 cm³/mol. The monoisotopic (exact) mass is 261 g/mol. The molecule has 0 bridgehead atoms. The highest BCUT2D eigenvalue weighted by atomic mass is 16.1. The Morgan fingerprint density at radius 3 is 2.89 bits per heavy atom. The van der Waals surface area contributed by atoms with E-state index < -0.39 is 0 Å². The SMILES string of the molecule is CNC(CC(C)CN)c1ccc2c(c1)CCC(=O)N2. The van der Waals surface area contributed by atoms with E-state index in [1.54, 1.807) is 0 Å². The van der Waals surface area contributed by atoms with E-state index in [0.29, 0.717) is 24.9 Å². The second kappa shape index (κ2) is 6.17. The van der Waals surface area contributed by atoms with Gasteiger partial charge in [0, 0.05) is 18.2 Å². The van der Waals surface area contributed by atoms with E-state index in [9.17, 15) is 4.79 Å². The van der Waals surface area contributed by atoms with Crippen LogP contribution in [0.5, 0.6) is 0 Å². The molecule has 2 unspecified atom stereocenters. The van der Waals surface area contributed by atoms with Gasteiger partial charge in [0.2, 0.25) is 5.91 Å². The van der Waals surface area contributed by atoms with Gasteiger partial charge in [-0.15, -0.1) is 0 Å². The second-order valence-electron chi connectivity index (χ2n) is 5.38. The summed E-state index contributed by atoms with van der Waals surface area (Å²) in [6, 6.07) is 6.63. The summed E-state index contributed by atoms with van der Waals surface area (Å²) in [6.07, 6.45) is 2.44. The minimum absolute atomic E-state index is 0.113. The van der Waals surface area contributed by atoms with Gasteiger partial charge in [0.15, 0.2) is 0 Å². The zero-order valence-electron chi connectivity index (χ0n) is 11.7. The van der Waals surface area contributed by atoms with Crippen molar-refractivity contribution in [2.45, 2.75) is 32.2 Å². The number of hydrogen-bond acceptors (Lipinski definition) is 3. The van der Waals surface area contributed by atoms with E-state index in [1.165, 1.54) is 11.1 Å². The van der Waals surface area contributed by atoms with Crippen molar-refractivity contribution in [2.24, 2.45) is 11.7 Å². The number of rotatable bonds is 5. The molecule has 0 aromatic heterocycles. The van der Waals surface area contributed by atoms with Gasteiger partial charge in [-0.3, -0.25) is 4.79 Å². The molecule has 0 saturated carbocycles. The molecule has 4 heteroatoms. The van der Waals surface area contributed by atoms with E-state index >= 15 is 0 Å². The number of carbonyl (C=O) groups is 1. The van der Waals surface area contributed by atoms with Crippen molar-refractivity contribution in [3.8, 4) is 0 Å². The van der Waals surface area contributed by atoms with Crippen molar-refractivity contribution in [3.05, 3.63) is 29.3 Å². The summed E-state index contributed by atoms with van der Waals surface area (Å²) >= 11 is 0. The zero-order valence-corrected chi connectivity index (χ0v) is 11.7.